The number of amides is 1. The molecule has 7 nitrogen and oxygen atoms in total. The van der Waals surface area contributed by atoms with Gasteiger partial charge in [0.05, 0.1) is 0 Å². The lowest BCUT2D eigenvalue weighted by Crippen LogP contribution is -2.43. The predicted octanol–water partition coefficient (Wildman–Crippen LogP) is 2.62. The van der Waals surface area contributed by atoms with E-state index in [-0.39, 0.29) is 18.9 Å². The highest BCUT2D eigenvalue weighted by Crippen LogP contribution is 2.21. The SMILES string of the molecule is CC(C)(C)OC(=O)N[C@H](CCC(=O)OC1CCCCC1)C(=O)O. The third kappa shape index (κ3) is 8.42. The van der Waals surface area contributed by atoms with E-state index in [9.17, 15) is 14.4 Å². The van der Waals surface area contributed by atoms with Crippen LogP contribution < -0.4 is 5.32 Å². The zero-order valence-corrected chi connectivity index (χ0v) is 14.1. The number of ether oxygens (including phenoxy) is 2. The molecule has 1 aliphatic carbocycles. The van der Waals surface area contributed by atoms with E-state index < -0.39 is 29.7 Å². The smallest absolute Gasteiger partial charge is 0.408 e. The molecule has 1 saturated carbocycles. The summed E-state index contributed by atoms with van der Waals surface area (Å²) < 4.78 is 10.3. The van der Waals surface area contributed by atoms with Crippen LogP contribution in [0.3, 0.4) is 0 Å². The van der Waals surface area contributed by atoms with Crippen molar-refractivity contribution < 1.29 is 29.0 Å². The topological polar surface area (TPSA) is 102 Å². The molecule has 2 N–H and O–H groups in total. The quantitative estimate of drug-likeness (QED) is 0.726. The normalized spacial score (nSPS) is 17.2. The van der Waals surface area contributed by atoms with Gasteiger partial charge >= 0.3 is 18.0 Å². The molecule has 1 aliphatic rings. The molecule has 0 saturated heterocycles. The molecule has 1 atom stereocenters. The molecule has 1 rings (SSSR count). The summed E-state index contributed by atoms with van der Waals surface area (Å²) in [5.74, 6) is -1.63. The Hall–Kier alpha value is -1.79. The van der Waals surface area contributed by atoms with Crippen LogP contribution in [0.15, 0.2) is 0 Å². The van der Waals surface area contributed by atoms with Crippen LogP contribution in [0.1, 0.15) is 65.7 Å². The van der Waals surface area contributed by atoms with Crippen LogP contribution in [-0.2, 0) is 19.1 Å². The molecule has 0 aliphatic heterocycles. The second-order valence-electron chi connectivity index (χ2n) is 6.83. The van der Waals surface area contributed by atoms with Gasteiger partial charge in [-0.3, -0.25) is 4.79 Å². The number of carbonyl (C=O) groups excluding carboxylic acids is 2. The third-order valence-corrected chi connectivity index (χ3v) is 3.48. The molecular weight excluding hydrogens is 302 g/mol. The van der Waals surface area contributed by atoms with Gasteiger partial charge in [-0.05, 0) is 52.9 Å². The molecular formula is C16H27NO6. The summed E-state index contributed by atoms with van der Waals surface area (Å²) in [6.45, 7) is 5.05. The number of hydrogen-bond acceptors (Lipinski definition) is 5. The highest BCUT2D eigenvalue weighted by molar-refractivity contribution is 5.80. The average Bonchev–Trinajstić information content (AvgIpc) is 2.42. The summed E-state index contributed by atoms with van der Waals surface area (Å²) in [7, 11) is 0. The lowest BCUT2D eigenvalue weighted by molar-refractivity contribution is -0.151. The van der Waals surface area contributed by atoms with Crippen LogP contribution in [0, 0.1) is 0 Å². The molecule has 0 radical (unpaired) electrons. The first-order chi connectivity index (χ1) is 10.7. The molecule has 1 amide bonds. The number of nitrogens with one attached hydrogen (secondary N) is 1. The summed E-state index contributed by atoms with van der Waals surface area (Å²) in [6, 6.07) is -1.18. The van der Waals surface area contributed by atoms with E-state index in [0.717, 1.165) is 32.1 Å². The van der Waals surface area contributed by atoms with Crippen LogP contribution >= 0.6 is 0 Å². The van der Waals surface area contributed by atoms with Crippen molar-refractivity contribution in [1.29, 1.82) is 0 Å². The van der Waals surface area contributed by atoms with Crippen molar-refractivity contribution in [2.75, 3.05) is 0 Å². The van der Waals surface area contributed by atoms with Crippen LogP contribution in [-0.4, -0.2) is 40.9 Å². The molecule has 0 heterocycles. The number of esters is 1. The van der Waals surface area contributed by atoms with E-state index >= 15 is 0 Å². The number of carboxylic acids is 1. The van der Waals surface area contributed by atoms with Crippen molar-refractivity contribution >= 4 is 18.0 Å². The van der Waals surface area contributed by atoms with Gasteiger partial charge in [0, 0.05) is 6.42 Å². The van der Waals surface area contributed by atoms with Crippen molar-refractivity contribution in [2.24, 2.45) is 0 Å². The monoisotopic (exact) mass is 329 g/mol. The van der Waals surface area contributed by atoms with Crippen LogP contribution in [0.5, 0.6) is 0 Å². The van der Waals surface area contributed by atoms with E-state index in [1.54, 1.807) is 20.8 Å². The number of rotatable bonds is 6. The highest BCUT2D eigenvalue weighted by atomic mass is 16.6. The lowest BCUT2D eigenvalue weighted by Gasteiger charge is -2.23. The maximum absolute atomic E-state index is 11.8. The number of carboxylic acid groups (broad SMARTS) is 1. The second kappa shape index (κ2) is 8.74. The molecule has 0 spiro atoms. The van der Waals surface area contributed by atoms with Crippen molar-refractivity contribution in [3.05, 3.63) is 0 Å². The van der Waals surface area contributed by atoms with Gasteiger partial charge in [0.1, 0.15) is 17.7 Å². The number of carbonyl (C=O) groups is 3. The summed E-state index contributed by atoms with van der Waals surface area (Å²) in [5.41, 5.74) is -0.715. The first-order valence-corrected chi connectivity index (χ1v) is 8.09. The van der Waals surface area contributed by atoms with Gasteiger partial charge in [-0.15, -0.1) is 0 Å². The average molecular weight is 329 g/mol. The van der Waals surface area contributed by atoms with Crippen molar-refractivity contribution in [1.82, 2.24) is 5.32 Å². The minimum atomic E-state index is -1.21. The van der Waals surface area contributed by atoms with Gasteiger partial charge in [0.2, 0.25) is 0 Å². The largest absolute Gasteiger partial charge is 0.480 e. The Morgan fingerprint density at radius 2 is 1.78 bits per heavy atom. The number of alkyl carbamates (subject to hydrolysis) is 1. The molecule has 132 valence electrons. The van der Waals surface area contributed by atoms with E-state index in [1.165, 1.54) is 0 Å². The number of hydrogen-bond donors (Lipinski definition) is 2. The Balaban J connectivity index is 2.38. The Morgan fingerprint density at radius 3 is 2.30 bits per heavy atom. The minimum absolute atomic E-state index is 0.0276. The molecule has 7 heteroatoms. The lowest BCUT2D eigenvalue weighted by atomic mass is 9.98. The van der Waals surface area contributed by atoms with Crippen molar-refractivity contribution in [2.45, 2.75) is 83.5 Å². The summed E-state index contributed by atoms with van der Waals surface area (Å²) in [4.78, 5) is 34.6. The number of aliphatic carboxylic acids is 1. The van der Waals surface area contributed by atoms with E-state index in [0.29, 0.717) is 0 Å². The van der Waals surface area contributed by atoms with Crippen molar-refractivity contribution in [3.63, 3.8) is 0 Å². The van der Waals surface area contributed by atoms with Crippen LogP contribution in [0.2, 0.25) is 0 Å². The van der Waals surface area contributed by atoms with Gasteiger partial charge in [0.15, 0.2) is 0 Å². The zero-order valence-electron chi connectivity index (χ0n) is 14.1. The fraction of sp³-hybridized carbons (Fsp3) is 0.812. The van der Waals surface area contributed by atoms with E-state index in [2.05, 4.69) is 5.32 Å². The maximum atomic E-state index is 11.8. The predicted molar refractivity (Wildman–Crippen MR) is 83.0 cm³/mol. The molecule has 0 aromatic heterocycles. The van der Waals surface area contributed by atoms with Gasteiger partial charge in [-0.1, -0.05) is 6.42 Å². The standard InChI is InChI=1S/C16H27NO6/c1-16(2,3)23-15(21)17-12(14(19)20)9-10-13(18)22-11-7-5-4-6-8-11/h11-12H,4-10H2,1-3H3,(H,17,21)(H,19,20)/t12-/m1/s1. The molecule has 0 bridgehead atoms. The van der Waals surface area contributed by atoms with E-state index in [4.69, 9.17) is 14.6 Å². The highest BCUT2D eigenvalue weighted by Gasteiger charge is 2.25. The molecule has 0 unspecified atom stereocenters. The fourth-order valence-electron chi connectivity index (χ4n) is 2.40. The fourth-order valence-corrected chi connectivity index (χ4v) is 2.40. The molecule has 1 fully saturated rings. The Kier molecular flexibility index (Phi) is 7.32. The summed E-state index contributed by atoms with van der Waals surface area (Å²) in [5, 5.41) is 11.4. The maximum Gasteiger partial charge on any atom is 0.408 e. The van der Waals surface area contributed by atoms with Gasteiger partial charge < -0.3 is 19.9 Å². The Morgan fingerprint density at radius 1 is 1.17 bits per heavy atom. The Labute approximate surface area is 136 Å². The zero-order chi connectivity index (χ0) is 17.5. The first-order valence-electron chi connectivity index (χ1n) is 8.09. The molecule has 0 aromatic rings. The molecule has 23 heavy (non-hydrogen) atoms. The summed E-state index contributed by atoms with van der Waals surface area (Å²) in [6.07, 6.45) is 4.04. The summed E-state index contributed by atoms with van der Waals surface area (Å²) >= 11 is 0. The first kappa shape index (κ1) is 19.3. The van der Waals surface area contributed by atoms with Crippen LogP contribution in [0.25, 0.3) is 0 Å². The third-order valence-electron chi connectivity index (χ3n) is 3.48. The van der Waals surface area contributed by atoms with Crippen molar-refractivity contribution in [3.8, 4) is 0 Å². The van der Waals surface area contributed by atoms with Crippen LogP contribution in [0.4, 0.5) is 4.79 Å². The van der Waals surface area contributed by atoms with E-state index in [1.807, 2.05) is 0 Å². The Bertz CT molecular complexity index is 423. The second-order valence-corrected chi connectivity index (χ2v) is 6.83. The van der Waals surface area contributed by atoms with Gasteiger partial charge in [0.25, 0.3) is 0 Å². The van der Waals surface area contributed by atoms with Gasteiger partial charge in [-0.2, -0.15) is 0 Å². The minimum Gasteiger partial charge on any atom is -0.480 e. The van der Waals surface area contributed by atoms with Gasteiger partial charge in [-0.25, -0.2) is 9.59 Å². The molecule has 0 aromatic carbocycles.